The third-order valence-corrected chi connectivity index (χ3v) is 2.72. The van der Waals surface area contributed by atoms with Crippen LogP contribution in [0.2, 0.25) is 0 Å². The molecule has 4 N–H and O–H groups in total. The fourth-order valence-corrected chi connectivity index (χ4v) is 1.57. The third kappa shape index (κ3) is 4.08. The summed E-state index contributed by atoms with van der Waals surface area (Å²) >= 11 is 0. The van der Waals surface area contributed by atoms with Gasteiger partial charge >= 0.3 is 0 Å². The number of aromatic nitrogens is 2. The molecule has 1 rings (SSSR count). The lowest BCUT2D eigenvalue weighted by Gasteiger charge is -2.20. The van der Waals surface area contributed by atoms with Crippen LogP contribution in [0.25, 0.3) is 0 Å². The Labute approximate surface area is 114 Å². The highest BCUT2D eigenvalue weighted by atomic mass is 16.1. The van der Waals surface area contributed by atoms with E-state index in [-0.39, 0.29) is 17.7 Å². The first-order valence-corrected chi connectivity index (χ1v) is 6.34. The largest absolute Gasteiger partial charge is 0.373 e. The number of anilines is 2. The molecule has 0 bridgehead atoms. The fourth-order valence-electron chi connectivity index (χ4n) is 1.57. The highest BCUT2D eigenvalue weighted by molar-refractivity contribution is 5.74. The number of amides is 1. The molecule has 0 saturated carbocycles. The number of carbonyl (C=O) groups is 1. The molecule has 106 valence electrons. The molecule has 0 unspecified atom stereocenters. The van der Waals surface area contributed by atoms with E-state index in [0.29, 0.717) is 6.54 Å². The Hall–Kier alpha value is -1.85. The SMILES string of the molecule is CNc1nc(C(C)(C)C)nc(NCCC(N)=O)c1C. The molecule has 0 radical (unpaired) electrons. The van der Waals surface area contributed by atoms with Gasteiger partial charge < -0.3 is 16.4 Å². The number of rotatable bonds is 5. The van der Waals surface area contributed by atoms with Crippen LogP contribution in [0.3, 0.4) is 0 Å². The van der Waals surface area contributed by atoms with Gasteiger partial charge in [-0.15, -0.1) is 0 Å². The van der Waals surface area contributed by atoms with Crippen LogP contribution in [0.4, 0.5) is 11.6 Å². The van der Waals surface area contributed by atoms with E-state index in [2.05, 4.69) is 41.4 Å². The first-order valence-electron chi connectivity index (χ1n) is 6.34. The van der Waals surface area contributed by atoms with Gasteiger partial charge in [0.05, 0.1) is 0 Å². The monoisotopic (exact) mass is 265 g/mol. The van der Waals surface area contributed by atoms with Gasteiger partial charge in [0.15, 0.2) is 0 Å². The highest BCUT2D eigenvalue weighted by Crippen LogP contribution is 2.25. The summed E-state index contributed by atoms with van der Waals surface area (Å²) < 4.78 is 0. The van der Waals surface area contributed by atoms with Gasteiger partial charge in [0.2, 0.25) is 5.91 Å². The van der Waals surface area contributed by atoms with E-state index in [4.69, 9.17) is 5.73 Å². The molecule has 0 aliphatic rings. The zero-order valence-electron chi connectivity index (χ0n) is 12.3. The summed E-state index contributed by atoms with van der Waals surface area (Å²) in [6.45, 7) is 8.59. The summed E-state index contributed by atoms with van der Waals surface area (Å²) in [6, 6.07) is 0. The summed E-state index contributed by atoms with van der Waals surface area (Å²) in [5.41, 5.74) is 5.92. The van der Waals surface area contributed by atoms with Crippen LogP contribution in [0.1, 0.15) is 38.6 Å². The second-order valence-corrected chi connectivity index (χ2v) is 5.51. The van der Waals surface area contributed by atoms with Crippen molar-refractivity contribution in [3.8, 4) is 0 Å². The number of primary amides is 1. The quantitative estimate of drug-likeness (QED) is 0.748. The molecule has 0 saturated heterocycles. The number of nitrogens with two attached hydrogens (primary N) is 1. The second-order valence-electron chi connectivity index (χ2n) is 5.51. The molecule has 0 aliphatic carbocycles. The van der Waals surface area contributed by atoms with Gasteiger partial charge in [-0.25, -0.2) is 9.97 Å². The number of carbonyl (C=O) groups excluding carboxylic acids is 1. The molecule has 1 aromatic heterocycles. The Kier molecular flexibility index (Phi) is 4.69. The molecule has 6 nitrogen and oxygen atoms in total. The first kappa shape index (κ1) is 15.2. The summed E-state index contributed by atoms with van der Waals surface area (Å²) in [4.78, 5) is 19.8. The van der Waals surface area contributed by atoms with E-state index in [0.717, 1.165) is 23.0 Å². The zero-order valence-corrected chi connectivity index (χ0v) is 12.3. The maximum absolute atomic E-state index is 10.8. The van der Waals surface area contributed by atoms with Crippen molar-refractivity contribution in [1.29, 1.82) is 0 Å². The van der Waals surface area contributed by atoms with E-state index in [9.17, 15) is 4.79 Å². The van der Waals surface area contributed by atoms with Crippen LogP contribution < -0.4 is 16.4 Å². The summed E-state index contributed by atoms with van der Waals surface area (Å²) in [5.74, 6) is 1.96. The van der Waals surface area contributed by atoms with Crippen molar-refractivity contribution in [1.82, 2.24) is 9.97 Å². The lowest BCUT2D eigenvalue weighted by atomic mass is 9.95. The minimum absolute atomic E-state index is 0.139. The number of hydrogen-bond donors (Lipinski definition) is 3. The second kappa shape index (κ2) is 5.86. The minimum Gasteiger partial charge on any atom is -0.373 e. The third-order valence-electron chi connectivity index (χ3n) is 2.72. The Morgan fingerprint density at radius 1 is 1.26 bits per heavy atom. The van der Waals surface area contributed by atoms with Crippen molar-refractivity contribution in [3.63, 3.8) is 0 Å². The van der Waals surface area contributed by atoms with E-state index in [1.54, 1.807) is 0 Å². The average Bonchev–Trinajstić information content (AvgIpc) is 2.29. The standard InChI is InChI=1S/C13H23N5O/c1-8-10(15-5)17-12(13(2,3)4)18-11(8)16-7-6-9(14)19/h6-7H2,1-5H3,(H2,14,19)(H2,15,16,17,18). The van der Waals surface area contributed by atoms with Gasteiger partial charge in [-0.2, -0.15) is 0 Å². The summed E-state index contributed by atoms with van der Waals surface area (Å²) in [6.07, 6.45) is 0.281. The maximum Gasteiger partial charge on any atom is 0.219 e. The Balaban J connectivity index is 3.04. The normalized spacial score (nSPS) is 11.2. The summed E-state index contributed by atoms with van der Waals surface area (Å²) in [7, 11) is 1.83. The number of nitrogens with zero attached hydrogens (tertiary/aromatic N) is 2. The predicted octanol–water partition coefficient (Wildman–Crippen LogP) is 1.41. The van der Waals surface area contributed by atoms with Crippen LogP contribution in [0.15, 0.2) is 0 Å². The van der Waals surface area contributed by atoms with Gasteiger partial charge in [-0.3, -0.25) is 4.79 Å². The molecule has 19 heavy (non-hydrogen) atoms. The lowest BCUT2D eigenvalue weighted by molar-refractivity contribution is -0.117. The smallest absolute Gasteiger partial charge is 0.219 e. The predicted molar refractivity (Wildman–Crippen MR) is 77.3 cm³/mol. The van der Waals surface area contributed by atoms with E-state index < -0.39 is 0 Å². The van der Waals surface area contributed by atoms with E-state index in [1.165, 1.54) is 0 Å². The van der Waals surface area contributed by atoms with E-state index in [1.807, 2.05) is 14.0 Å². The molecule has 1 aromatic rings. The molecular weight excluding hydrogens is 242 g/mol. The molecule has 1 amide bonds. The van der Waals surface area contributed by atoms with Gasteiger partial charge in [0.1, 0.15) is 17.5 Å². The number of hydrogen-bond acceptors (Lipinski definition) is 5. The molecule has 0 spiro atoms. The highest BCUT2D eigenvalue weighted by Gasteiger charge is 2.20. The van der Waals surface area contributed by atoms with Crippen LogP contribution in [0, 0.1) is 6.92 Å². The number of nitrogens with one attached hydrogen (secondary N) is 2. The Bertz CT molecular complexity index is 465. The van der Waals surface area contributed by atoms with Gasteiger partial charge in [0, 0.05) is 31.0 Å². The van der Waals surface area contributed by atoms with Crippen molar-refractivity contribution in [2.75, 3.05) is 24.2 Å². The van der Waals surface area contributed by atoms with Crippen molar-refractivity contribution >= 4 is 17.5 Å². The molecule has 1 heterocycles. The van der Waals surface area contributed by atoms with Crippen molar-refractivity contribution in [2.24, 2.45) is 5.73 Å². The average molecular weight is 265 g/mol. The van der Waals surface area contributed by atoms with Crippen LogP contribution in [-0.2, 0) is 10.2 Å². The zero-order chi connectivity index (χ0) is 14.6. The van der Waals surface area contributed by atoms with Crippen molar-refractivity contribution in [3.05, 3.63) is 11.4 Å². The molecule has 0 aliphatic heterocycles. The Morgan fingerprint density at radius 3 is 2.32 bits per heavy atom. The van der Waals surface area contributed by atoms with Crippen molar-refractivity contribution < 1.29 is 4.79 Å². The maximum atomic E-state index is 10.8. The van der Waals surface area contributed by atoms with Gasteiger partial charge in [-0.05, 0) is 6.92 Å². The molecule has 6 heteroatoms. The molecule has 0 fully saturated rings. The molecule has 0 atom stereocenters. The van der Waals surface area contributed by atoms with Gasteiger partial charge in [-0.1, -0.05) is 20.8 Å². The van der Waals surface area contributed by atoms with Crippen molar-refractivity contribution in [2.45, 2.75) is 39.5 Å². The lowest BCUT2D eigenvalue weighted by Crippen LogP contribution is -2.21. The fraction of sp³-hybridized carbons (Fsp3) is 0.615. The molecule has 0 aromatic carbocycles. The van der Waals surface area contributed by atoms with Crippen LogP contribution in [-0.4, -0.2) is 29.5 Å². The van der Waals surface area contributed by atoms with Gasteiger partial charge in [0.25, 0.3) is 0 Å². The topological polar surface area (TPSA) is 92.9 Å². The summed E-state index contributed by atoms with van der Waals surface area (Å²) in [5, 5.41) is 6.20. The Morgan fingerprint density at radius 2 is 1.84 bits per heavy atom. The van der Waals surface area contributed by atoms with Crippen LogP contribution in [0.5, 0.6) is 0 Å². The molecular formula is C13H23N5O. The minimum atomic E-state index is -0.330. The first-order chi connectivity index (χ1) is 8.75. The van der Waals surface area contributed by atoms with E-state index >= 15 is 0 Å². The van der Waals surface area contributed by atoms with Crippen LogP contribution >= 0.6 is 0 Å².